The van der Waals surface area contributed by atoms with E-state index >= 15 is 0 Å². The van der Waals surface area contributed by atoms with Gasteiger partial charge in [0.2, 0.25) is 0 Å². The van der Waals surface area contributed by atoms with Crippen molar-refractivity contribution in [3.8, 4) is 0 Å². The molecule has 0 aliphatic rings. The van der Waals surface area contributed by atoms with Gasteiger partial charge in [0, 0.05) is 24.9 Å². The number of halogens is 1. The number of methoxy groups -OCH3 is 1. The summed E-state index contributed by atoms with van der Waals surface area (Å²) in [6.45, 7) is 0.0435. The third-order valence-electron chi connectivity index (χ3n) is 3.53. The van der Waals surface area contributed by atoms with E-state index in [1.54, 1.807) is 24.4 Å². The van der Waals surface area contributed by atoms with Gasteiger partial charge < -0.3 is 10.5 Å². The molecule has 1 aromatic carbocycles. The van der Waals surface area contributed by atoms with E-state index in [-0.39, 0.29) is 12.4 Å². The zero-order chi connectivity index (χ0) is 15.3. The third-order valence-corrected chi connectivity index (χ3v) is 3.53. The lowest BCUT2D eigenvalue weighted by atomic mass is 9.76. The number of aromatic nitrogens is 1. The molecular formula is C16H17FN2O2. The van der Waals surface area contributed by atoms with Crippen molar-refractivity contribution in [2.24, 2.45) is 5.73 Å². The van der Waals surface area contributed by atoms with Crippen LogP contribution in [0.5, 0.6) is 0 Å². The van der Waals surface area contributed by atoms with E-state index in [1.165, 1.54) is 19.2 Å². The molecule has 2 aromatic rings. The highest BCUT2D eigenvalue weighted by atomic mass is 19.1. The van der Waals surface area contributed by atoms with E-state index in [0.717, 1.165) is 5.69 Å². The van der Waals surface area contributed by atoms with E-state index < -0.39 is 11.4 Å². The van der Waals surface area contributed by atoms with Crippen LogP contribution in [0.1, 0.15) is 11.3 Å². The fourth-order valence-corrected chi connectivity index (χ4v) is 2.34. The van der Waals surface area contributed by atoms with Crippen LogP contribution in [-0.4, -0.2) is 24.6 Å². The molecule has 0 aliphatic carbocycles. The maximum absolute atomic E-state index is 13.1. The number of pyridine rings is 1. The topological polar surface area (TPSA) is 65.2 Å². The SMILES string of the molecule is COC(=O)C(CN)(Cc1ccccn1)c1ccc(F)cc1. The summed E-state index contributed by atoms with van der Waals surface area (Å²) >= 11 is 0. The van der Waals surface area contributed by atoms with Gasteiger partial charge in [-0.3, -0.25) is 9.78 Å². The van der Waals surface area contributed by atoms with Crippen LogP contribution in [0.15, 0.2) is 48.7 Å². The highest BCUT2D eigenvalue weighted by Crippen LogP contribution is 2.29. The molecule has 1 aromatic heterocycles. The van der Waals surface area contributed by atoms with Crippen molar-refractivity contribution in [3.05, 3.63) is 65.7 Å². The standard InChI is InChI=1S/C16H17FN2O2/c1-21-15(20)16(11-18,10-14-4-2-3-9-19-14)12-5-7-13(17)8-6-12/h2-9H,10-11,18H2,1H3. The summed E-state index contributed by atoms with van der Waals surface area (Å²) in [5.41, 5.74) is 6.14. The third kappa shape index (κ3) is 3.08. The number of carbonyl (C=O) groups is 1. The fraction of sp³-hybridized carbons (Fsp3) is 0.250. The first-order chi connectivity index (χ1) is 10.1. The highest BCUT2D eigenvalue weighted by molar-refractivity contribution is 5.84. The van der Waals surface area contributed by atoms with Crippen LogP contribution in [0.4, 0.5) is 4.39 Å². The van der Waals surface area contributed by atoms with Crippen LogP contribution in [-0.2, 0) is 21.4 Å². The minimum atomic E-state index is -1.07. The number of hydrogen-bond donors (Lipinski definition) is 1. The summed E-state index contributed by atoms with van der Waals surface area (Å²) < 4.78 is 18.1. The normalized spacial score (nSPS) is 13.5. The maximum atomic E-state index is 13.1. The van der Waals surface area contributed by atoms with Crippen LogP contribution in [0.25, 0.3) is 0 Å². The summed E-state index contributed by atoms with van der Waals surface area (Å²) in [6, 6.07) is 11.2. The smallest absolute Gasteiger partial charge is 0.317 e. The number of carbonyl (C=O) groups excluding carboxylic acids is 1. The molecule has 0 saturated heterocycles. The first-order valence-electron chi connectivity index (χ1n) is 6.57. The molecule has 0 saturated carbocycles. The quantitative estimate of drug-likeness (QED) is 0.853. The van der Waals surface area contributed by atoms with E-state index in [2.05, 4.69) is 4.98 Å². The van der Waals surface area contributed by atoms with Crippen LogP contribution < -0.4 is 5.73 Å². The van der Waals surface area contributed by atoms with Gasteiger partial charge in [-0.1, -0.05) is 18.2 Å². The van der Waals surface area contributed by atoms with Gasteiger partial charge in [0.1, 0.15) is 11.2 Å². The average molecular weight is 288 g/mol. The summed E-state index contributed by atoms with van der Waals surface area (Å²) in [4.78, 5) is 16.6. The number of esters is 1. The van der Waals surface area contributed by atoms with Crippen molar-refractivity contribution in [1.82, 2.24) is 4.98 Å². The summed E-state index contributed by atoms with van der Waals surface area (Å²) in [7, 11) is 1.31. The molecule has 0 bridgehead atoms. The van der Waals surface area contributed by atoms with E-state index in [4.69, 9.17) is 10.5 Å². The molecule has 110 valence electrons. The Labute approximate surface area is 122 Å². The van der Waals surface area contributed by atoms with Crippen LogP contribution in [0, 0.1) is 5.82 Å². The van der Waals surface area contributed by atoms with Crippen molar-refractivity contribution in [3.63, 3.8) is 0 Å². The molecule has 5 heteroatoms. The Kier molecular flexibility index (Phi) is 4.65. The molecule has 1 unspecified atom stereocenters. The molecule has 1 atom stereocenters. The largest absolute Gasteiger partial charge is 0.468 e. The Hall–Kier alpha value is -2.27. The zero-order valence-corrected chi connectivity index (χ0v) is 11.8. The second-order valence-corrected chi connectivity index (χ2v) is 4.78. The first-order valence-corrected chi connectivity index (χ1v) is 6.57. The summed E-state index contributed by atoms with van der Waals surface area (Å²) in [6.07, 6.45) is 1.95. The Bertz CT molecular complexity index is 601. The van der Waals surface area contributed by atoms with Gasteiger partial charge in [0.15, 0.2) is 0 Å². The predicted molar refractivity (Wildman–Crippen MR) is 77.1 cm³/mol. The van der Waals surface area contributed by atoms with Crippen molar-refractivity contribution in [1.29, 1.82) is 0 Å². The summed E-state index contributed by atoms with van der Waals surface area (Å²) in [5, 5.41) is 0. The second-order valence-electron chi connectivity index (χ2n) is 4.78. The van der Waals surface area contributed by atoms with Gasteiger partial charge in [-0.15, -0.1) is 0 Å². The summed E-state index contributed by atoms with van der Waals surface area (Å²) in [5.74, 6) is -0.824. The molecule has 4 nitrogen and oxygen atoms in total. The van der Waals surface area contributed by atoms with E-state index in [9.17, 15) is 9.18 Å². The maximum Gasteiger partial charge on any atom is 0.317 e. The monoisotopic (exact) mass is 288 g/mol. The Morgan fingerprint density at radius 3 is 2.52 bits per heavy atom. The average Bonchev–Trinajstić information content (AvgIpc) is 2.54. The van der Waals surface area contributed by atoms with Gasteiger partial charge in [-0.2, -0.15) is 0 Å². The van der Waals surface area contributed by atoms with Gasteiger partial charge in [0.25, 0.3) is 0 Å². The van der Waals surface area contributed by atoms with Crippen molar-refractivity contribution in [2.45, 2.75) is 11.8 Å². The number of hydrogen-bond acceptors (Lipinski definition) is 4. The second kappa shape index (κ2) is 6.45. The number of nitrogens with two attached hydrogens (primary N) is 1. The van der Waals surface area contributed by atoms with Crippen molar-refractivity contribution in [2.75, 3.05) is 13.7 Å². The molecule has 0 fully saturated rings. The van der Waals surface area contributed by atoms with E-state index in [0.29, 0.717) is 12.0 Å². The van der Waals surface area contributed by atoms with Gasteiger partial charge in [-0.25, -0.2) is 4.39 Å². The molecule has 2 rings (SSSR count). The molecular weight excluding hydrogens is 271 g/mol. The number of nitrogens with zero attached hydrogens (tertiary/aromatic N) is 1. The van der Waals surface area contributed by atoms with Crippen molar-refractivity contribution >= 4 is 5.97 Å². The number of benzene rings is 1. The zero-order valence-electron chi connectivity index (χ0n) is 11.8. The Balaban J connectivity index is 2.47. The molecule has 0 radical (unpaired) electrons. The van der Waals surface area contributed by atoms with Gasteiger partial charge >= 0.3 is 5.97 Å². The molecule has 21 heavy (non-hydrogen) atoms. The Morgan fingerprint density at radius 2 is 2.00 bits per heavy atom. The number of ether oxygens (including phenoxy) is 1. The van der Waals surface area contributed by atoms with Crippen LogP contribution in [0.2, 0.25) is 0 Å². The lowest BCUT2D eigenvalue weighted by molar-refractivity contribution is -0.147. The molecule has 0 amide bonds. The van der Waals surface area contributed by atoms with Crippen LogP contribution in [0.3, 0.4) is 0 Å². The molecule has 2 N–H and O–H groups in total. The molecule has 0 aliphatic heterocycles. The minimum Gasteiger partial charge on any atom is -0.468 e. The van der Waals surface area contributed by atoms with E-state index in [1.807, 2.05) is 12.1 Å². The van der Waals surface area contributed by atoms with Gasteiger partial charge in [-0.05, 0) is 29.8 Å². The lowest BCUT2D eigenvalue weighted by Crippen LogP contribution is -2.46. The highest BCUT2D eigenvalue weighted by Gasteiger charge is 2.40. The number of rotatable bonds is 5. The lowest BCUT2D eigenvalue weighted by Gasteiger charge is -2.30. The molecule has 0 spiro atoms. The van der Waals surface area contributed by atoms with Gasteiger partial charge in [0.05, 0.1) is 7.11 Å². The van der Waals surface area contributed by atoms with Crippen molar-refractivity contribution < 1.29 is 13.9 Å². The fourth-order valence-electron chi connectivity index (χ4n) is 2.34. The first kappa shape index (κ1) is 15.1. The predicted octanol–water partition coefficient (Wildman–Crippen LogP) is 1.83. The molecule has 1 heterocycles. The minimum absolute atomic E-state index is 0.0435. The Morgan fingerprint density at radius 1 is 1.29 bits per heavy atom. The van der Waals surface area contributed by atoms with Crippen LogP contribution >= 0.6 is 0 Å².